The van der Waals surface area contributed by atoms with E-state index in [-0.39, 0.29) is 47.1 Å². The largest absolute Gasteiger partial charge is 0.350 e. The van der Waals surface area contributed by atoms with E-state index in [4.69, 9.17) is 5.10 Å². The molecule has 3 aromatic carbocycles. The molecule has 1 N–H and O–H groups in total. The van der Waals surface area contributed by atoms with E-state index in [2.05, 4.69) is 45.1 Å². The molecular weight excluding hydrogens is 535 g/mol. The Kier molecular flexibility index (Phi) is 8.04. The lowest BCUT2D eigenvalue weighted by Crippen LogP contribution is -2.42. The van der Waals surface area contributed by atoms with E-state index in [1.807, 2.05) is 48.0 Å². The summed E-state index contributed by atoms with van der Waals surface area (Å²) >= 11 is 1.57. The van der Waals surface area contributed by atoms with E-state index in [0.29, 0.717) is 5.82 Å². The Bertz CT molecular complexity index is 1590. The molecule has 5 rings (SSSR count). The van der Waals surface area contributed by atoms with Gasteiger partial charge in [-0.2, -0.15) is 5.10 Å². The average Bonchev–Trinajstić information content (AvgIpc) is 3.27. The smallest absolute Gasteiger partial charge is 0.240 e. The maximum Gasteiger partial charge on any atom is 0.240 e. The molecule has 0 fully saturated rings. The van der Waals surface area contributed by atoms with E-state index >= 15 is 0 Å². The van der Waals surface area contributed by atoms with E-state index < -0.39 is 0 Å². The van der Waals surface area contributed by atoms with Crippen LogP contribution in [0.5, 0.6) is 0 Å². The molecule has 8 heteroatoms. The molecule has 6 nitrogen and oxygen atoms in total. The van der Waals surface area contributed by atoms with Crippen LogP contribution in [0.25, 0.3) is 5.69 Å². The van der Waals surface area contributed by atoms with Crippen LogP contribution in [0.1, 0.15) is 59.5 Å². The number of nitrogens with one attached hydrogen (secondary N) is 1. The normalized spacial score (nSPS) is 15.4. The molecule has 0 aliphatic carbocycles. The number of aryl methyl sites for hydroxylation is 2. The number of hydrogen-bond donors (Lipinski definition) is 1. The van der Waals surface area contributed by atoms with Gasteiger partial charge >= 0.3 is 0 Å². The standard InChI is InChI=1S/C33H35FN4O2S/c1-21-9-8-11-25(17-21)38-32-29(31(36-38)33(3,4)5)30(26-12-7-6-10-22(26)2)41-20-28(40)37(32)19-27(39)35-18-23-13-15-24(34)16-14-23/h6-17,30H,18-20H2,1-5H3,(H,35,39)/t30-/m0/s1. The summed E-state index contributed by atoms with van der Waals surface area (Å²) in [5.41, 5.74) is 6.45. The number of halogens is 1. The number of carbonyl (C=O) groups is 2. The first kappa shape index (κ1) is 28.6. The van der Waals surface area contributed by atoms with Gasteiger partial charge in [0.25, 0.3) is 0 Å². The van der Waals surface area contributed by atoms with Crippen LogP contribution in [0, 0.1) is 19.7 Å². The van der Waals surface area contributed by atoms with Crippen molar-refractivity contribution >= 4 is 29.4 Å². The molecule has 4 aromatic rings. The number of nitrogens with zero attached hydrogens (tertiary/aromatic N) is 3. The van der Waals surface area contributed by atoms with Crippen molar-refractivity contribution in [2.45, 2.75) is 51.8 Å². The predicted molar refractivity (Wildman–Crippen MR) is 163 cm³/mol. The summed E-state index contributed by atoms with van der Waals surface area (Å²) in [5.74, 6) is 0.0557. The molecule has 212 valence electrons. The molecule has 1 aliphatic heterocycles. The van der Waals surface area contributed by atoms with Crippen molar-refractivity contribution in [2.24, 2.45) is 0 Å². The topological polar surface area (TPSA) is 67.2 Å². The van der Waals surface area contributed by atoms with Gasteiger partial charge in [-0.3, -0.25) is 14.5 Å². The maximum atomic E-state index is 13.8. The minimum Gasteiger partial charge on any atom is -0.350 e. The van der Waals surface area contributed by atoms with Crippen molar-refractivity contribution in [1.82, 2.24) is 15.1 Å². The number of carbonyl (C=O) groups excluding carboxylic acids is 2. The van der Waals surface area contributed by atoms with Crippen LogP contribution in [-0.4, -0.2) is 33.9 Å². The molecule has 1 aromatic heterocycles. The first-order valence-electron chi connectivity index (χ1n) is 13.7. The molecule has 0 saturated heterocycles. The van der Waals surface area contributed by atoms with Gasteiger partial charge in [-0.15, -0.1) is 11.8 Å². The highest BCUT2D eigenvalue weighted by atomic mass is 32.2. The molecule has 2 amide bonds. The van der Waals surface area contributed by atoms with E-state index in [1.54, 1.807) is 28.8 Å². The molecule has 0 bridgehead atoms. The molecule has 1 atom stereocenters. The highest BCUT2D eigenvalue weighted by Crippen LogP contribution is 2.49. The van der Waals surface area contributed by atoms with Crippen molar-refractivity contribution in [3.05, 3.63) is 112 Å². The predicted octanol–water partition coefficient (Wildman–Crippen LogP) is 6.41. The summed E-state index contributed by atoms with van der Waals surface area (Å²) < 4.78 is 15.2. The third kappa shape index (κ3) is 6.07. The maximum absolute atomic E-state index is 13.8. The van der Waals surface area contributed by atoms with Gasteiger partial charge in [-0.1, -0.05) is 69.3 Å². The number of anilines is 1. The second-order valence-corrected chi connectivity index (χ2v) is 12.6. The quantitative estimate of drug-likeness (QED) is 0.291. The van der Waals surface area contributed by atoms with Crippen molar-refractivity contribution in [2.75, 3.05) is 17.2 Å². The van der Waals surface area contributed by atoms with Crippen LogP contribution in [0.3, 0.4) is 0 Å². The monoisotopic (exact) mass is 570 g/mol. The third-order valence-corrected chi connectivity index (χ3v) is 8.46. The van der Waals surface area contributed by atoms with Gasteiger partial charge in [0, 0.05) is 17.5 Å². The number of amides is 2. The SMILES string of the molecule is Cc1cccc(-n2nc(C(C)(C)C)c3c2N(CC(=O)NCc2ccc(F)cc2)C(=O)CS[C@H]3c2ccccc2C)c1. The van der Waals surface area contributed by atoms with Gasteiger partial charge in [0.15, 0.2) is 0 Å². The number of rotatable bonds is 6. The van der Waals surface area contributed by atoms with Gasteiger partial charge in [0.2, 0.25) is 11.8 Å². The van der Waals surface area contributed by atoms with E-state index in [0.717, 1.165) is 39.2 Å². The van der Waals surface area contributed by atoms with Crippen LogP contribution >= 0.6 is 11.8 Å². The van der Waals surface area contributed by atoms with Crippen molar-refractivity contribution in [3.63, 3.8) is 0 Å². The first-order chi connectivity index (χ1) is 19.5. The Labute approximate surface area is 245 Å². The lowest BCUT2D eigenvalue weighted by molar-refractivity contribution is -0.123. The molecule has 1 aliphatic rings. The average molecular weight is 571 g/mol. The summed E-state index contributed by atoms with van der Waals surface area (Å²) in [6.45, 7) is 10.6. The highest BCUT2D eigenvalue weighted by molar-refractivity contribution is 8.00. The fraction of sp³-hybridized carbons (Fsp3) is 0.303. The molecule has 0 radical (unpaired) electrons. The number of benzene rings is 3. The summed E-state index contributed by atoms with van der Waals surface area (Å²) in [4.78, 5) is 28.7. The minimum atomic E-state index is -0.331. The van der Waals surface area contributed by atoms with Gasteiger partial charge in [-0.05, 0) is 60.4 Å². The Balaban J connectivity index is 1.64. The zero-order chi connectivity index (χ0) is 29.3. The van der Waals surface area contributed by atoms with Crippen molar-refractivity contribution < 1.29 is 14.0 Å². The Morgan fingerprint density at radius 3 is 2.46 bits per heavy atom. The lowest BCUT2D eigenvalue weighted by atomic mass is 9.86. The zero-order valence-corrected chi connectivity index (χ0v) is 24.9. The number of hydrogen-bond acceptors (Lipinski definition) is 4. The van der Waals surface area contributed by atoms with Crippen LogP contribution in [-0.2, 0) is 21.5 Å². The Hall–Kier alpha value is -3.91. The summed E-state index contributed by atoms with van der Waals surface area (Å²) in [5, 5.41) is 7.92. The van der Waals surface area contributed by atoms with Crippen LogP contribution < -0.4 is 10.2 Å². The van der Waals surface area contributed by atoms with Gasteiger partial charge in [0.1, 0.15) is 18.2 Å². The van der Waals surface area contributed by atoms with Gasteiger partial charge in [-0.25, -0.2) is 9.07 Å². The number of aromatic nitrogens is 2. The van der Waals surface area contributed by atoms with E-state index in [1.165, 1.54) is 12.1 Å². The molecule has 41 heavy (non-hydrogen) atoms. The fourth-order valence-electron chi connectivity index (χ4n) is 5.14. The molecular formula is C33H35FN4O2S. The summed E-state index contributed by atoms with van der Waals surface area (Å²) in [6, 6.07) is 22.3. The van der Waals surface area contributed by atoms with Crippen molar-refractivity contribution in [3.8, 4) is 5.69 Å². The van der Waals surface area contributed by atoms with Crippen LogP contribution in [0.4, 0.5) is 10.2 Å². The zero-order valence-electron chi connectivity index (χ0n) is 24.1. The minimum absolute atomic E-state index is 0.143. The first-order valence-corrected chi connectivity index (χ1v) is 14.8. The van der Waals surface area contributed by atoms with Crippen LogP contribution in [0.15, 0.2) is 72.8 Å². The molecule has 2 heterocycles. The molecule has 0 saturated carbocycles. The Morgan fingerprint density at radius 1 is 1.05 bits per heavy atom. The number of fused-ring (bicyclic) bond motifs is 1. The second kappa shape index (κ2) is 11.5. The summed E-state index contributed by atoms with van der Waals surface area (Å²) in [6.07, 6.45) is 0. The second-order valence-electron chi connectivity index (χ2n) is 11.5. The Morgan fingerprint density at radius 2 is 1.78 bits per heavy atom. The number of thioether (sulfide) groups is 1. The van der Waals surface area contributed by atoms with Gasteiger partial charge < -0.3 is 5.32 Å². The fourth-order valence-corrected chi connectivity index (χ4v) is 6.43. The molecule has 0 spiro atoms. The van der Waals surface area contributed by atoms with Crippen molar-refractivity contribution in [1.29, 1.82) is 0 Å². The lowest BCUT2D eigenvalue weighted by Gasteiger charge is -2.25. The molecule has 0 unspecified atom stereocenters. The third-order valence-electron chi connectivity index (χ3n) is 7.22. The summed E-state index contributed by atoms with van der Waals surface area (Å²) in [7, 11) is 0. The van der Waals surface area contributed by atoms with Gasteiger partial charge in [0.05, 0.1) is 22.4 Å². The van der Waals surface area contributed by atoms with Crippen LogP contribution in [0.2, 0.25) is 0 Å². The highest BCUT2D eigenvalue weighted by Gasteiger charge is 2.40. The van der Waals surface area contributed by atoms with E-state index in [9.17, 15) is 14.0 Å².